The molecule has 0 unspecified atom stereocenters. The molecule has 0 saturated carbocycles. The van der Waals surface area contributed by atoms with Crippen molar-refractivity contribution in [3.63, 3.8) is 0 Å². The first-order valence-corrected chi connectivity index (χ1v) is 8.74. The fraction of sp³-hybridized carbons (Fsp3) is 0.150. The minimum absolute atomic E-state index is 0.266. The molecule has 0 fully saturated rings. The number of pyridine rings is 2. The molecular weight excluding hydrogens is 342 g/mol. The van der Waals surface area contributed by atoms with E-state index < -0.39 is 0 Å². The molecule has 0 radical (unpaired) electrons. The number of anilines is 1. The van der Waals surface area contributed by atoms with Gasteiger partial charge in [0.1, 0.15) is 11.3 Å². The highest BCUT2D eigenvalue weighted by Gasteiger charge is 2.14. The Hall–Kier alpha value is -3.61. The van der Waals surface area contributed by atoms with E-state index in [0.717, 1.165) is 18.5 Å². The van der Waals surface area contributed by atoms with E-state index >= 15 is 0 Å². The Balaban J connectivity index is 1.43. The number of hydrogen-bond acceptors (Lipinski definition) is 4. The van der Waals surface area contributed by atoms with E-state index in [4.69, 9.17) is 4.74 Å². The normalized spacial score (nSPS) is 10.8. The summed E-state index contributed by atoms with van der Waals surface area (Å²) in [5.41, 5.74) is 1.81. The highest BCUT2D eigenvalue weighted by molar-refractivity contribution is 6.11. The van der Waals surface area contributed by atoms with Gasteiger partial charge in [-0.05, 0) is 36.8 Å². The number of aromatic nitrogens is 4. The average Bonchev–Trinajstić information content (AvgIpc) is 3.35. The van der Waals surface area contributed by atoms with Gasteiger partial charge in [0.25, 0.3) is 5.91 Å². The summed E-state index contributed by atoms with van der Waals surface area (Å²) in [5.74, 6) is 0.730. The third-order valence-corrected chi connectivity index (χ3v) is 4.12. The van der Waals surface area contributed by atoms with E-state index in [9.17, 15) is 4.79 Å². The lowest BCUT2D eigenvalue weighted by Gasteiger charge is -2.07. The topological polar surface area (TPSA) is 84.8 Å². The molecule has 0 saturated heterocycles. The van der Waals surface area contributed by atoms with Crippen molar-refractivity contribution in [3.05, 3.63) is 72.8 Å². The second-order valence-electron chi connectivity index (χ2n) is 6.04. The van der Waals surface area contributed by atoms with E-state index in [0.29, 0.717) is 29.4 Å². The highest BCUT2D eigenvalue weighted by atomic mass is 16.5. The largest absolute Gasteiger partial charge is 0.478 e. The Morgan fingerprint density at radius 1 is 1.15 bits per heavy atom. The van der Waals surface area contributed by atoms with Crippen LogP contribution >= 0.6 is 0 Å². The molecule has 136 valence electrons. The summed E-state index contributed by atoms with van der Waals surface area (Å²) in [5, 5.41) is 2.77. The summed E-state index contributed by atoms with van der Waals surface area (Å²) >= 11 is 0. The van der Waals surface area contributed by atoms with Gasteiger partial charge in [-0.3, -0.25) is 4.79 Å². The van der Waals surface area contributed by atoms with Gasteiger partial charge in [0, 0.05) is 37.4 Å². The summed E-state index contributed by atoms with van der Waals surface area (Å²) < 4.78 is 7.86. The van der Waals surface area contributed by atoms with Gasteiger partial charge in [0.15, 0.2) is 0 Å². The van der Waals surface area contributed by atoms with Gasteiger partial charge < -0.3 is 19.6 Å². The monoisotopic (exact) mass is 361 g/mol. The molecule has 4 heterocycles. The van der Waals surface area contributed by atoms with Crippen LogP contribution in [0.25, 0.3) is 11.0 Å². The van der Waals surface area contributed by atoms with Crippen LogP contribution in [0.2, 0.25) is 0 Å². The summed E-state index contributed by atoms with van der Waals surface area (Å²) in [6.07, 6.45) is 8.19. The van der Waals surface area contributed by atoms with Gasteiger partial charge in [-0.25, -0.2) is 9.97 Å². The molecule has 0 atom stereocenters. The van der Waals surface area contributed by atoms with E-state index in [1.165, 1.54) is 0 Å². The number of aryl methyl sites for hydroxylation is 1. The Kier molecular flexibility index (Phi) is 4.82. The molecule has 0 aromatic carbocycles. The number of ether oxygens (including phenoxy) is 1. The zero-order chi connectivity index (χ0) is 18.5. The first-order chi connectivity index (χ1) is 13.3. The first kappa shape index (κ1) is 16.8. The van der Waals surface area contributed by atoms with Crippen molar-refractivity contribution in [2.24, 2.45) is 0 Å². The summed E-state index contributed by atoms with van der Waals surface area (Å²) in [6, 6.07) is 13.0. The minimum atomic E-state index is -0.266. The molecule has 0 aliphatic heterocycles. The first-order valence-electron chi connectivity index (χ1n) is 8.74. The number of amides is 1. The number of nitrogens with zero attached hydrogens (tertiary/aromatic N) is 3. The van der Waals surface area contributed by atoms with Crippen LogP contribution in [-0.2, 0) is 6.54 Å². The van der Waals surface area contributed by atoms with Crippen molar-refractivity contribution in [1.29, 1.82) is 0 Å². The third-order valence-electron chi connectivity index (χ3n) is 4.12. The van der Waals surface area contributed by atoms with Crippen molar-refractivity contribution in [2.45, 2.75) is 13.0 Å². The van der Waals surface area contributed by atoms with Crippen molar-refractivity contribution < 1.29 is 9.53 Å². The predicted molar refractivity (Wildman–Crippen MR) is 103 cm³/mol. The van der Waals surface area contributed by atoms with Crippen LogP contribution in [0.4, 0.5) is 5.82 Å². The molecule has 0 bridgehead atoms. The highest BCUT2D eigenvalue weighted by Crippen LogP contribution is 2.20. The molecule has 0 spiro atoms. The lowest BCUT2D eigenvalue weighted by atomic mass is 10.2. The van der Waals surface area contributed by atoms with Gasteiger partial charge in [-0.1, -0.05) is 6.07 Å². The van der Waals surface area contributed by atoms with Crippen molar-refractivity contribution in [1.82, 2.24) is 19.5 Å². The van der Waals surface area contributed by atoms with Gasteiger partial charge in [-0.15, -0.1) is 0 Å². The summed E-state index contributed by atoms with van der Waals surface area (Å²) in [7, 11) is 0. The molecule has 7 heteroatoms. The van der Waals surface area contributed by atoms with E-state index in [1.54, 1.807) is 30.6 Å². The number of fused-ring (bicyclic) bond motifs is 1. The number of rotatable bonds is 7. The molecule has 0 aliphatic rings. The fourth-order valence-corrected chi connectivity index (χ4v) is 2.80. The second kappa shape index (κ2) is 7.74. The zero-order valence-corrected chi connectivity index (χ0v) is 14.6. The Labute approximate surface area is 156 Å². The quantitative estimate of drug-likeness (QED) is 0.494. The molecule has 7 nitrogen and oxygen atoms in total. The number of carbonyl (C=O) groups excluding carboxylic acids is 1. The van der Waals surface area contributed by atoms with Crippen LogP contribution in [0.5, 0.6) is 5.88 Å². The van der Waals surface area contributed by atoms with Gasteiger partial charge >= 0.3 is 0 Å². The average molecular weight is 361 g/mol. The number of H-pyrrole nitrogens is 1. The molecule has 4 aromatic rings. The number of carbonyl (C=O) groups is 1. The van der Waals surface area contributed by atoms with Crippen LogP contribution in [0.1, 0.15) is 16.8 Å². The maximum Gasteiger partial charge on any atom is 0.260 e. The predicted octanol–water partition coefficient (Wildman–Crippen LogP) is 3.48. The summed E-state index contributed by atoms with van der Waals surface area (Å²) in [4.78, 5) is 24.2. The van der Waals surface area contributed by atoms with E-state index in [1.807, 2.05) is 36.7 Å². The maximum absolute atomic E-state index is 12.5. The summed E-state index contributed by atoms with van der Waals surface area (Å²) in [6.45, 7) is 1.44. The molecule has 4 aromatic heterocycles. The molecule has 2 N–H and O–H groups in total. The molecule has 27 heavy (non-hydrogen) atoms. The lowest BCUT2D eigenvalue weighted by molar-refractivity contribution is 0.102. The Bertz CT molecular complexity index is 1030. The maximum atomic E-state index is 12.5. The number of hydrogen-bond donors (Lipinski definition) is 2. The lowest BCUT2D eigenvalue weighted by Crippen LogP contribution is -2.12. The van der Waals surface area contributed by atoms with Gasteiger partial charge in [0.05, 0.1) is 17.7 Å². The molecule has 0 aliphatic carbocycles. The zero-order valence-electron chi connectivity index (χ0n) is 14.6. The van der Waals surface area contributed by atoms with Crippen LogP contribution in [-0.4, -0.2) is 32.0 Å². The SMILES string of the molecule is O=C(Nc1ccccn1)c1c[nH]c2ccc(OCCCn3cccc3)nc12. The van der Waals surface area contributed by atoms with Crippen molar-refractivity contribution in [3.8, 4) is 5.88 Å². The molecule has 4 rings (SSSR count). The number of aromatic amines is 1. The van der Waals surface area contributed by atoms with Crippen molar-refractivity contribution in [2.75, 3.05) is 11.9 Å². The third kappa shape index (κ3) is 3.98. The Morgan fingerprint density at radius 3 is 2.85 bits per heavy atom. The van der Waals surface area contributed by atoms with Crippen molar-refractivity contribution >= 4 is 22.8 Å². The molecular formula is C20H19N5O2. The van der Waals surface area contributed by atoms with E-state index in [2.05, 4.69) is 24.8 Å². The Morgan fingerprint density at radius 2 is 2.04 bits per heavy atom. The van der Waals surface area contributed by atoms with Crippen LogP contribution in [0.3, 0.4) is 0 Å². The molecule has 1 amide bonds. The van der Waals surface area contributed by atoms with Gasteiger partial charge in [0.2, 0.25) is 5.88 Å². The number of nitrogens with one attached hydrogen (secondary N) is 2. The minimum Gasteiger partial charge on any atom is -0.478 e. The van der Waals surface area contributed by atoms with E-state index in [-0.39, 0.29) is 5.91 Å². The van der Waals surface area contributed by atoms with Crippen LogP contribution in [0.15, 0.2) is 67.3 Å². The van der Waals surface area contributed by atoms with Crippen LogP contribution in [0, 0.1) is 0 Å². The second-order valence-corrected chi connectivity index (χ2v) is 6.04. The van der Waals surface area contributed by atoms with Gasteiger partial charge in [-0.2, -0.15) is 0 Å². The van der Waals surface area contributed by atoms with Crippen LogP contribution < -0.4 is 10.1 Å². The smallest absolute Gasteiger partial charge is 0.260 e. The standard InChI is InChI=1S/C20H19N5O2/c26-20(23-17-6-1-2-9-21-17)15-14-22-16-7-8-18(24-19(15)16)27-13-5-12-25-10-3-4-11-25/h1-4,6-11,14,22H,5,12-13H2,(H,21,23,26). The fourth-order valence-electron chi connectivity index (χ4n) is 2.80.